The van der Waals surface area contributed by atoms with Crippen molar-refractivity contribution in [2.75, 3.05) is 11.8 Å². The monoisotopic (exact) mass is 443 g/mol. The van der Waals surface area contributed by atoms with E-state index in [1.165, 1.54) is 7.11 Å². The molecular formula is C23H22ClNO4S. The van der Waals surface area contributed by atoms with Gasteiger partial charge in [0, 0.05) is 5.02 Å². The van der Waals surface area contributed by atoms with Crippen LogP contribution in [0.2, 0.25) is 5.02 Å². The van der Waals surface area contributed by atoms with E-state index in [4.69, 9.17) is 16.3 Å². The van der Waals surface area contributed by atoms with Crippen molar-refractivity contribution in [2.45, 2.75) is 25.7 Å². The van der Waals surface area contributed by atoms with E-state index in [0.29, 0.717) is 27.4 Å². The number of aryl methyl sites for hydroxylation is 2. The summed E-state index contributed by atoms with van der Waals surface area (Å²) in [6.07, 6.45) is 0. The molecule has 0 aromatic heterocycles. The first-order valence-corrected chi connectivity index (χ1v) is 11.1. The quantitative estimate of drug-likeness (QED) is 0.527. The molecule has 1 N–H and O–H groups in total. The zero-order chi connectivity index (χ0) is 22.1. The number of methoxy groups -OCH3 is 1. The van der Waals surface area contributed by atoms with Crippen molar-refractivity contribution in [1.29, 1.82) is 0 Å². The molecule has 3 rings (SSSR count). The van der Waals surface area contributed by atoms with Gasteiger partial charge in [-0.1, -0.05) is 35.9 Å². The van der Waals surface area contributed by atoms with Gasteiger partial charge in [-0.15, -0.1) is 0 Å². The molecule has 0 fully saturated rings. The number of ether oxygens (including phenoxy) is 1. The number of carbonyl (C=O) groups excluding carboxylic acids is 1. The van der Waals surface area contributed by atoms with Gasteiger partial charge >= 0.3 is 5.97 Å². The molecule has 0 radical (unpaired) electrons. The van der Waals surface area contributed by atoms with Crippen LogP contribution >= 0.6 is 11.6 Å². The third kappa shape index (κ3) is 4.35. The maximum atomic E-state index is 13.0. The van der Waals surface area contributed by atoms with E-state index in [1.54, 1.807) is 62.4 Å². The SMILES string of the molecule is COC(=O)c1ccc(-c2cccc(NS(=O)(=O)c3cc(C)c(Cl)cc3C)c2C)cc1. The first kappa shape index (κ1) is 21.9. The Morgan fingerprint density at radius 2 is 1.63 bits per heavy atom. The number of carbonyl (C=O) groups is 1. The summed E-state index contributed by atoms with van der Waals surface area (Å²) < 4.78 is 33.5. The number of hydrogen-bond acceptors (Lipinski definition) is 4. The average molecular weight is 444 g/mol. The number of nitrogens with one attached hydrogen (secondary N) is 1. The summed E-state index contributed by atoms with van der Waals surface area (Å²) in [6, 6.07) is 15.6. The minimum Gasteiger partial charge on any atom is -0.465 e. The van der Waals surface area contributed by atoms with E-state index in [9.17, 15) is 13.2 Å². The topological polar surface area (TPSA) is 72.5 Å². The fourth-order valence-electron chi connectivity index (χ4n) is 3.21. The smallest absolute Gasteiger partial charge is 0.337 e. The van der Waals surface area contributed by atoms with Gasteiger partial charge < -0.3 is 4.74 Å². The summed E-state index contributed by atoms with van der Waals surface area (Å²) in [4.78, 5) is 11.8. The molecule has 3 aromatic carbocycles. The van der Waals surface area contributed by atoms with Crippen LogP contribution in [-0.4, -0.2) is 21.5 Å². The minimum absolute atomic E-state index is 0.191. The van der Waals surface area contributed by atoms with Crippen molar-refractivity contribution in [2.24, 2.45) is 0 Å². The zero-order valence-electron chi connectivity index (χ0n) is 17.1. The Hall–Kier alpha value is -2.83. The van der Waals surface area contributed by atoms with Gasteiger partial charge in [-0.25, -0.2) is 13.2 Å². The first-order chi connectivity index (χ1) is 14.1. The highest BCUT2D eigenvalue weighted by molar-refractivity contribution is 7.92. The Kier molecular flexibility index (Phi) is 6.19. The molecule has 156 valence electrons. The summed E-state index contributed by atoms with van der Waals surface area (Å²) >= 11 is 6.11. The van der Waals surface area contributed by atoms with Crippen LogP contribution in [0.1, 0.15) is 27.0 Å². The Labute approximate surface area is 181 Å². The lowest BCUT2D eigenvalue weighted by Crippen LogP contribution is -2.15. The average Bonchev–Trinajstić information content (AvgIpc) is 2.71. The number of rotatable bonds is 5. The normalized spacial score (nSPS) is 11.2. The van der Waals surface area contributed by atoms with Gasteiger partial charge in [0.1, 0.15) is 0 Å². The van der Waals surface area contributed by atoms with Crippen LogP contribution in [0, 0.1) is 20.8 Å². The molecule has 0 saturated heterocycles. The summed E-state index contributed by atoms with van der Waals surface area (Å²) in [5, 5.41) is 0.528. The lowest BCUT2D eigenvalue weighted by atomic mass is 9.98. The van der Waals surface area contributed by atoms with E-state index < -0.39 is 16.0 Å². The van der Waals surface area contributed by atoms with Gasteiger partial charge in [0.25, 0.3) is 10.0 Å². The van der Waals surface area contributed by atoms with Crippen molar-refractivity contribution < 1.29 is 17.9 Å². The number of benzene rings is 3. The van der Waals surface area contributed by atoms with Gasteiger partial charge in [-0.05, 0) is 78.9 Å². The lowest BCUT2D eigenvalue weighted by molar-refractivity contribution is 0.0600. The highest BCUT2D eigenvalue weighted by Crippen LogP contribution is 2.31. The summed E-state index contributed by atoms with van der Waals surface area (Å²) in [5.74, 6) is -0.409. The predicted octanol–water partition coefficient (Wildman–Crippen LogP) is 5.52. The molecule has 0 amide bonds. The van der Waals surface area contributed by atoms with Crippen LogP contribution in [0.3, 0.4) is 0 Å². The number of anilines is 1. The Morgan fingerprint density at radius 3 is 2.27 bits per heavy atom. The number of halogens is 1. The van der Waals surface area contributed by atoms with Crippen LogP contribution in [-0.2, 0) is 14.8 Å². The molecule has 5 nitrogen and oxygen atoms in total. The molecule has 0 aliphatic carbocycles. The zero-order valence-corrected chi connectivity index (χ0v) is 18.7. The molecule has 0 saturated carbocycles. The standard InChI is InChI=1S/C23H22ClNO4S/c1-14-13-22(15(2)12-20(14)24)30(27,28)25-21-7-5-6-19(16(21)3)17-8-10-18(11-9-17)23(26)29-4/h5-13,25H,1-4H3. The molecule has 3 aromatic rings. The van der Waals surface area contributed by atoms with Crippen LogP contribution in [0.15, 0.2) is 59.5 Å². The van der Waals surface area contributed by atoms with E-state index in [2.05, 4.69) is 4.72 Å². The Morgan fingerprint density at radius 1 is 0.967 bits per heavy atom. The van der Waals surface area contributed by atoms with Crippen molar-refractivity contribution in [3.05, 3.63) is 81.9 Å². The van der Waals surface area contributed by atoms with Gasteiger partial charge in [0.2, 0.25) is 0 Å². The fraction of sp³-hybridized carbons (Fsp3) is 0.174. The molecule has 0 spiro atoms. The van der Waals surface area contributed by atoms with Crippen molar-refractivity contribution in [3.63, 3.8) is 0 Å². The van der Waals surface area contributed by atoms with Crippen LogP contribution in [0.5, 0.6) is 0 Å². The molecule has 0 unspecified atom stereocenters. The number of sulfonamides is 1. The highest BCUT2D eigenvalue weighted by Gasteiger charge is 2.20. The molecule has 30 heavy (non-hydrogen) atoms. The maximum Gasteiger partial charge on any atom is 0.337 e. The third-order valence-corrected chi connectivity index (χ3v) is 6.86. The molecular weight excluding hydrogens is 422 g/mol. The molecule has 0 aliphatic rings. The van der Waals surface area contributed by atoms with Gasteiger partial charge in [-0.3, -0.25) is 4.72 Å². The summed E-state index contributed by atoms with van der Waals surface area (Å²) in [6.45, 7) is 5.33. The Balaban J connectivity index is 1.97. The second-order valence-corrected chi connectivity index (χ2v) is 9.08. The Bertz CT molecular complexity index is 1220. The second kappa shape index (κ2) is 8.50. The maximum absolute atomic E-state index is 13.0. The van der Waals surface area contributed by atoms with Crippen LogP contribution < -0.4 is 4.72 Å². The van der Waals surface area contributed by atoms with E-state index in [1.807, 2.05) is 13.0 Å². The van der Waals surface area contributed by atoms with E-state index >= 15 is 0 Å². The lowest BCUT2D eigenvalue weighted by Gasteiger charge is -2.16. The molecule has 0 aliphatic heterocycles. The summed E-state index contributed by atoms with van der Waals surface area (Å²) in [7, 11) is -2.46. The van der Waals surface area contributed by atoms with E-state index in [-0.39, 0.29) is 4.90 Å². The first-order valence-electron chi connectivity index (χ1n) is 9.22. The largest absolute Gasteiger partial charge is 0.465 e. The van der Waals surface area contributed by atoms with E-state index in [0.717, 1.165) is 16.7 Å². The number of hydrogen-bond donors (Lipinski definition) is 1. The van der Waals surface area contributed by atoms with Crippen molar-refractivity contribution in [1.82, 2.24) is 0 Å². The molecule has 7 heteroatoms. The third-order valence-electron chi connectivity index (χ3n) is 4.94. The van der Waals surface area contributed by atoms with Crippen molar-refractivity contribution >= 4 is 33.3 Å². The summed E-state index contributed by atoms with van der Waals surface area (Å²) in [5.41, 5.74) is 4.69. The molecule has 0 bridgehead atoms. The van der Waals surface area contributed by atoms with Gasteiger partial charge in [0.05, 0.1) is 23.3 Å². The minimum atomic E-state index is -3.80. The molecule has 0 heterocycles. The number of esters is 1. The van der Waals surface area contributed by atoms with Gasteiger partial charge in [-0.2, -0.15) is 0 Å². The molecule has 0 atom stereocenters. The second-order valence-electron chi connectivity index (χ2n) is 7.02. The van der Waals surface area contributed by atoms with Crippen molar-refractivity contribution in [3.8, 4) is 11.1 Å². The predicted molar refractivity (Wildman–Crippen MR) is 120 cm³/mol. The fourth-order valence-corrected chi connectivity index (χ4v) is 4.86. The van der Waals surface area contributed by atoms with Gasteiger partial charge in [0.15, 0.2) is 0 Å². The highest BCUT2D eigenvalue weighted by atomic mass is 35.5. The van der Waals surface area contributed by atoms with Crippen LogP contribution in [0.4, 0.5) is 5.69 Å². The van der Waals surface area contributed by atoms with Crippen LogP contribution in [0.25, 0.3) is 11.1 Å².